The highest BCUT2D eigenvalue weighted by atomic mass is 16.6. The largest absolute Gasteiger partial charge is 0.490 e. The fourth-order valence-electron chi connectivity index (χ4n) is 2.51. The van der Waals surface area contributed by atoms with Crippen LogP contribution in [0.1, 0.15) is 20.8 Å². The highest BCUT2D eigenvalue weighted by Gasteiger charge is 2.19. The summed E-state index contributed by atoms with van der Waals surface area (Å²) in [6, 6.07) is 13.9. The first-order valence-electron chi connectivity index (χ1n) is 9.20. The summed E-state index contributed by atoms with van der Waals surface area (Å²) in [4.78, 5) is 13.4. The summed E-state index contributed by atoms with van der Waals surface area (Å²) in [5, 5.41) is 15.4. The van der Waals surface area contributed by atoms with E-state index in [-0.39, 0.29) is 12.7 Å². The van der Waals surface area contributed by atoms with E-state index in [9.17, 15) is 9.90 Å². The fourth-order valence-corrected chi connectivity index (χ4v) is 2.51. The van der Waals surface area contributed by atoms with Gasteiger partial charge in [-0.2, -0.15) is 0 Å². The standard InChI is InChI=1S/C21H30N2O4/c1-21(2,3)27-20(25)23(4)13-12-22-14-17(24)15-26-19-11-7-9-16-8-5-6-10-18(16)19/h5-11,17,22,24H,12-15H2,1-4H3/t17-/m1/s1. The van der Waals surface area contributed by atoms with Crippen LogP contribution in [0.25, 0.3) is 10.8 Å². The average Bonchev–Trinajstić information content (AvgIpc) is 2.61. The van der Waals surface area contributed by atoms with Crippen LogP contribution in [-0.4, -0.2) is 61.1 Å². The molecule has 2 aromatic rings. The molecule has 148 valence electrons. The summed E-state index contributed by atoms with van der Waals surface area (Å²) in [7, 11) is 1.69. The summed E-state index contributed by atoms with van der Waals surface area (Å²) in [6.45, 7) is 7.14. The molecule has 0 aromatic heterocycles. The van der Waals surface area contributed by atoms with Crippen molar-refractivity contribution in [3.8, 4) is 5.75 Å². The van der Waals surface area contributed by atoms with Gasteiger partial charge in [0.05, 0.1) is 0 Å². The molecule has 0 saturated heterocycles. The number of likely N-dealkylation sites (N-methyl/N-ethyl adjacent to an activating group) is 1. The predicted octanol–water partition coefficient (Wildman–Crippen LogP) is 3.04. The maximum Gasteiger partial charge on any atom is 0.410 e. The average molecular weight is 374 g/mol. The molecule has 0 aliphatic rings. The molecular weight excluding hydrogens is 344 g/mol. The summed E-state index contributed by atoms with van der Waals surface area (Å²) in [5.41, 5.74) is -0.506. The predicted molar refractivity (Wildman–Crippen MR) is 107 cm³/mol. The van der Waals surface area contributed by atoms with Crippen LogP contribution in [0.4, 0.5) is 4.79 Å². The number of hydrogen-bond acceptors (Lipinski definition) is 5. The van der Waals surface area contributed by atoms with E-state index in [1.54, 1.807) is 7.05 Å². The number of carbonyl (C=O) groups is 1. The second-order valence-corrected chi connectivity index (χ2v) is 7.55. The minimum absolute atomic E-state index is 0.197. The first-order valence-corrected chi connectivity index (χ1v) is 9.20. The molecule has 2 aromatic carbocycles. The Hall–Kier alpha value is -2.31. The van der Waals surface area contributed by atoms with Crippen molar-refractivity contribution in [2.75, 3.05) is 33.3 Å². The molecule has 0 aliphatic heterocycles. The minimum atomic E-state index is -0.643. The van der Waals surface area contributed by atoms with Gasteiger partial charge in [-0.3, -0.25) is 0 Å². The van der Waals surface area contributed by atoms with Gasteiger partial charge in [0.1, 0.15) is 24.1 Å². The second-order valence-electron chi connectivity index (χ2n) is 7.55. The van der Waals surface area contributed by atoms with Crippen LogP contribution < -0.4 is 10.1 Å². The van der Waals surface area contributed by atoms with Crippen molar-refractivity contribution in [1.29, 1.82) is 0 Å². The third kappa shape index (κ3) is 7.07. The molecule has 27 heavy (non-hydrogen) atoms. The number of aliphatic hydroxyl groups is 1. The van der Waals surface area contributed by atoms with E-state index < -0.39 is 11.7 Å². The van der Waals surface area contributed by atoms with E-state index in [1.165, 1.54) is 4.90 Å². The molecule has 0 saturated carbocycles. The van der Waals surface area contributed by atoms with E-state index in [2.05, 4.69) is 5.32 Å². The van der Waals surface area contributed by atoms with E-state index in [0.717, 1.165) is 16.5 Å². The Labute approximate surface area is 161 Å². The number of ether oxygens (including phenoxy) is 2. The molecule has 0 unspecified atom stereocenters. The van der Waals surface area contributed by atoms with Crippen molar-refractivity contribution < 1.29 is 19.4 Å². The number of amides is 1. The highest BCUT2D eigenvalue weighted by molar-refractivity contribution is 5.88. The number of hydrogen-bond donors (Lipinski definition) is 2. The van der Waals surface area contributed by atoms with E-state index in [1.807, 2.05) is 63.2 Å². The molecule has 0 fully saturated rings. The number of carbonyl (C=O) groups excluding carboxylic acids is 1. The highest BCUT2D eigenvalue weighted by Crippen LogP contribution is 2.25. The first-order chi connectivity index (χ1) is 12.8. The molecule has 6 nitrogen and oxygen atoms in total. The molecule has 1 atom stereocenters. The molecule has 0 aliphatic carbocycles. The second kappa shape index (κ2) is 9.58. The van der Waals surface area contributed by atoms with Gasteiger partial charge in [0.25, 0.3) is 0 Å². The van der Waals surface area contributed by atoms with Crippen molar-refractivity contribution in [3.63, 3.8) is 0 Å². The number of aliphatic hydroxyl groups excluding tert-OH is 1. The Kier molecular flexibility index (Phi) is 7.45. The minimum Gasteiger partial charge on any atom is -0.490 e. The van der Waals surface area contributed by atoms with Gasteiger partial charge in [-0.15, -0.1) is 0 Å². The van der Waals surface area contributed by atoms with Crippen LogP contribution >= 0.6 is 0 Å². The van der Waals surface area contributed by atoms with Gasteiger partial charge < -0.3 is 24.8 Å². The number of fused-ring (bicyclic) bond motifs is 1. The lowest BCUT2D eigenvalue weighted by molar-refractivity contribution is 0.0298. The van der Waals surface area contributed by atoms with Gasteiger partial charge in [0.15, 0.2) is 0 Å². The number of nitrogens with zero attached hydrogens (tertiary/aromatic N) is 1. The van der Waals surface area contributed by atoms with Crippen LogP contribution in [-0.2, 0) is 4.74 Å². The Bertz CT molecular complexity index is 737. The summed E-state index contributed by atoms with van der Waals surface area (Å²) < 4.78 is 11.1. The summed E-state index contributed by atoms with van der Waals surface area (Å²) in [6.07, 6.45) is -1.00. The number of rotatable bonds is 8. The Morgan fingerprint density at radius 1 is 1.19 bits per heavy atom. The Morgan fingerprint density at radius 3 is 2.63 bits per heavy atom. The van der Waals surface area contributed by atoms with Gasteiger partial charge in [-0.25, -0.2) is 4.79 Å². The zero-order valence-electron chi connectivity index (χ0n) is 16.6. The topological polar surface area (TPSA) is 71.0 Å². The molecule has 0 radical (unpaired) electrons. The molecule has 0 spiro atoms. The lowest BCUT2D eigenvalue weighted by Crippen LogP contribution is -2.40. The zero-order chi connectivity index (χ0) is 19.9. The maximum absolute atomic E-state index is 11.9. The third-order valence-electron chi connectivity index (χ3n) is 3.89. The van der Waals surface area contributed by atoms with Gasteiger partial charge in [-0.1, -0.05) is 36.4 Å². The van der Waals surface area contributed by atoms with Gasteiger partial charge in [-0.05, 0) is 32.2 Å². The van der Waals surface area contributed by atoms with E-state index >= 15 is 0 Å². The van der Waals surface area contributed by atoms with Gasteiger partial charge >= 0.3 is 6.09 Å². The summed E-state index contributed by atoms with van der Waals surface area (Å²) in [5.74, 6) is 0.761. The van der Waals surface area contributed by atoms with E-state index in [0.29, 0.717) is 19.6 Å². The Morgan fingerprint density at radius 2 is 1.89 bits per heavy atom. The molecule has 0 heterocycles. The molecule has 2 N–H and O–H groups in total. The van der Waals surface area contributed by atoms with E-state index in [4.69, 9.17) is 9.47 Å². The number of nitrogens with one attached hydrogen (secondary N) is 1. The van der Waals surface area contributed by atoms with Crippen LogP contribution in [0.3, 0.4) is 0 Å². The molecular formula is C21H30N2O4. The van der Waals surface area contributed by atoms with Gasteiger partial charge in [0, 0.05) is 32.1 Å². The lowest BCUT2D eigenvalue weighted by atomic mass is 10.1. The summed E-state index contributed by atoms with van der Waals surface area (Å²) >= 11 is 0. The van der Waals surface area contributed by atoms with Crippen molar-refractivity contribution in [1.82, 2.24) is 10.2 Å². The fraction of sp³-hybridized carbons (Fsp3) is 0.476. The van der Waals surface area contributed by atoms with Gasteiger partial charge in [0.2, 0.25) is 0 Å². The van der Waals surface area contributed by atoms with Crippen LogP contribution in [0.5, 0.6) is 5.75 Å². The molecule has 1 amide bonds. The van der Waals surface area contributed by atoms with Crippen LogP contribution in [0.15, 0.2) is 42.5 Å². The Balaban J connectivity index is 1.69. The first kappa shape index (κ1) is 21.0. The monoisotopic (exact) mass is 374 g/mol. The zero-order valence-corrected chi connectivity index (χ0v) is 16.6. The lowest BCUT2D eigenvalue weighted by Gasteiger charge is -2.24. The molecule has 6 heteroatoms. The smallest absolute Gasteiger partial charge is 0.410 e. The normalized spacial score (nSPS) is 12.6. The maximum atomic E-state index is 11.9. The third-order valence-corrected chi connectivity index (χ3v) is 3.89. The molecule has 2 rings (SSSR count). The van der Waals surface area contributed by atoms with Crippen molar-refractivity contribution >= 4 is 16.9 Å². The quantitative estimate of drug-likeness (QED) is 0.695. The SMILES string of the molecule is CN(CCNC[C@@H](O)COc1cccc2ccccc12)C(=O)OC(C)(C)C. The van der Waals surface area contributed by atoms with Crippen LogP contribution in [0, 0.1) is 0 Å². The molecule has 0 bridgehead atoms. The van der Waals surface area contributed by atoms with Crippen LogP contribution in [0.2, 0.25) is 0 Å². The van der Waals surface area contributed by atoms with Crippen molar-refractivity contribution in [3.05, 3.63) is 42.5 Å². The number of benzene rings is 2. The van der Waals surface area contributed by atoms with Crippen molar-refractivity contribution in [2.24, 2.45) is 0 Å². The van der Waals surface area contributed by atoms with Crippen molar-refractivity contribution in [2.45, 2.75) is 32.5 Å².